The lowest BCUT2D eigenvalue weighted by Gasteiger charge is -2.03. The van der Waals surface area contributed by atoms with Crippen LogP contribution in [-0.2, 0) is 13.0 Å². The second kappa shape index (κ2) is 4.09. The van der Waals surface area contributed by atoms with Gasteiger partial charge < -0.3 is 9.73 Å². The highest BCUT2D eigenvalue weighted by Crippen LogP contribution is 2.32. The fraction of sp³-hybridized carbons (Fsp3) is 0.800. The van der Waals surface area contributed by atoms with Crippen molar-refractivity contribution in [2.24, 2.45) is 5.92 Å². The SMILES string of the molecule is CC(C)NCc1nnc(CC2CC2)o1. The molecule has 0 spiro atoms. The molecule has 0 saturated heterocycles. The van der Waals surface area contributed by atoms with E-state index < -0.39 is 0 Å². The zero-order chi connectivity index (χ0) is 9.97. The van der Waals surface area contributed by atoms with Crippen LogP contribution in [0.4, 0.5) is 0 Å². The molecule has 1 N–H and O–H groups in total. The van der Waals surface area contributed by atoms with Gasteiger partial charge in [-0.05, 0) is 18.8 Å². The molecular weight excluding hydrogens is 178 g/mol. The zero-order valence-electron chi connectivity index (χ0n) is 8.79. The van der Waals surface area contributed by atoms with E-state index in [2.05, 4.69) is 29.4 Å². The number of nitrogens with one attached hydrogen (secondary N) is 1. The summed E-state index contributed by atoms with van der Waals surface area (Å²) in [5.74, 6) is 2.31. The number of hydrogen-bond donors (Lipinski definition) is 1. The lowest BCUT2D eigenvalue weighted by Crippen LogP contribution is -2.21. The Morgan fingerprint density at radius 1 is 1.36 bits per heavy atom. The molecule has 0 aromatic carbocycles. The van der Waals surface area contributed by atoms with Gasteiger partial charge in [-0.15, -0.1) is 10.2 Å². The standard InChI is InChI=1S/C10H17N3O/c1-7(2)11-6-10-13-12-9(14-10)5-8-3-4-8/h7-8,11H,3-6H2,1-2H3. The van der Waals surface area contributed by atoms with Crippen LogP contribution in [0, 0.1) is 5.92 Å². The van der Waals surface area contributed by atoms with Gasteiger partial charge >= 0.3 is 0 Å². The summed E-state index contributed by atoms with van der Waals surface area (Å²) >= 11 is 0. The first-order chi connectivity index (χ1) is 6.74. The van der Waals surface area contributed by atoms with Gasteiger partial charge in [0.15, 0.2) is 0 Å². The summed E-state index contributed by atoms with van der Waals surface area (Å²) < 4.78 is 5.50. The average Bonchev–Trinajstić information content (AvgIpc) is 2.81. The van der Waals surface area contributed by atoms with Crippen molar-refractivity contribution in [3.05, 3.63) is 11.8 Å². The molecule has 0 aliphatic heterocycles. The molecule has 14 heavy (non-hydrogen) atoms. The highest BCUT2D eigenvalue weighted by Gasteiger charge is 2.24. The molecule has 1 aliphatic rings. The maximum Gasteiger partial charge on any atom is 0.230 e. The van der Waals surface area contributed by atoms with Crippen LogP contribution in [0.25, 0.3) is 0 Å². The minimum absolute atomic E-state index is 0.453. The Bertz CT molecular complexity index is 291. The molecule has 1 aromatic heterocycles. The Morgan fingerprint density at radius 2 is 2.07 bits per heavy atom. The first-order valence-electron chi connectivity index (χ1n) is 5.28. The highest BCUT2D eigenvalue weighted by atomic mass is 16.4. The predicted molar refractivity (Wildman–Crippen MR) is 52.7 cm³/mol. The number of hydrogen-bond acceptors (Lipinski definition) is 4. The van der Waals surface area contributed by atoms with Crippen LogP contribution in [0.2, 0.25) is 0 Å². The van der Waals surface area contributed by atoms with Gasteiger partial charge in [-0.2, -0.15) is 0 Å². The molecule has 1 heterocycles. The van der Waals surface area contributed by atoms with Gasteiger partial charge in [-0.25, -0.2) is 0 Å². The van der Waals surface area contributed by atoms with Crippen molar-refractivity contribution in [2.75, 3.05) is 0 Å². The van der Waals surface area contributed by atoms with Gasteiger partial charge in [0, 0.05) is 12.5 Å². The zero-order valence-corrected chi connectivity index (χ0v) is 8.79. The van der Waals surface area contributed by atoms with E-state index in [1.165, 1.54) is 12.8 Å². The van der Waals surface area contributed by atoms with Crippen molar-refractivity contribution >= 4 is 0 Å². The number of aromatic nitrogens is 2. The third kappa shape index (κ3) is 2.80. The molecule has 1 saturated carbocycles. The molecule has 4 nitrogen and oxygen atoms in total. The van der Waals surface area contributed by atoms with Crippen LogP contribution >= 0.6 is 0 Å². The Hall–Kier alpha value is -0.900. The van der Waals surface area contributed by atoms with Crippen molar-refractivity contribution in [2.45, 2.75) is 45.7 Å². The first kappa shape index (κ1) is 9.65. The molecule has 0 atom stereocenters. The van der Waals surface area contributed by atoms with Gasteiger partial charge in [0.2, 0.25) is 11.8 Å². The molecule has 0 unspecified atom stereocenters. The van der Waals surface area contributed by atoms with Crippen LogP contribution in [0.15, 0.2) is 4.42 Å². The van der Waals surface area contributed by atoms with E-state index in [1.807, 2.05) is 0 Å². The van der Waals surface area contributed by atoms with Crippen molar-refractivity contribution < 1.29 is 4.42 Å². The molecule has 0 radical (unpaired) electrons. The van der Waals surface area contributed by atoms with Crippen molar-refractivity contribution in [3.63, 3.8) is 0 Å². The van der Waals surface area contributed by atoms with Crippen LogP contribution in [0.3, 0.4) is 0 Å². The normalized spacial score (nSPS) is 16.5. The van der Waals surface area contributed by atoms with E-state index in [9.17, 15) is 0 Å². The van der Waals surface area contributed by atoms with E-state index in [0.29, 0.717) is 18.5 Å². The molecule has 1 aliphatic carbocycles. The van der Waals surface area contributed by atoms with Gasteiger partial charge in [-0.3, -0.25) is 0 Å². The second-order valence-electron chi connectivity index (χ2n) is 4.27. The van der Waals surface area contributed by atoms with Crippen LogP contribution in [-0.4, -0.2) is 16.2 Å². The van der Waals surface area contributed by atoms with E-state index in [-0.39, 0.29) is 0 Å². The highest BCUT2D eigenvalue weighted by molar-refractivity contribution is 4.88. The van der Waals surface area contributed by atoms with Crippen molar-refractivity contribution in [3.8, 4) is 0 Å². The summed E-state index contributed by atoms with van der Waals surface area (Å²) in [5, 5.41) is 11.3. The molecule has 0 bridgehead atoms. The quantitative estimate of drug-likeness (QED) is 0.774. The predicted octanol–water partition coefficient (Wildman–Crippen LogP) is 1.52. The summed E-state index contributed by atoms with van der Waals surface area (Å²) in [5.41, 5.74) is 0. The summed E-state index contributed by atoms with van der Waals surface area (Å²) in [6, 6.07) is 0.453. The van der Waals surface area contributed by atoms with Crippen molar-refractivity contribution in [1.29, 1.82) is 0 Å². The Labute approximate surface area is 84.1 Å². The molecule has 78 valence electrons. The first-order valence-corrected chi connectivity index (χ1v) is 5.28. The summed E-state index contributed by atoms with van der Waals surface area (Å²) in [6.07, 6.45) is 3.61. The summed E-state index contributed by atoms with van der Waals surface area (Å²) in [4.78, 5) is 0. The van der Waals surface area contributed by atoms with Crippen LogP contribution < -0.4 is 5.32 Å². The van der Waals surface area contributed by atoms with Crippen LogP contribution in [0.5, 0.6) is 0 Å². The number of nitrogens with zero attached hydrogens (tertiary/aromatic N) is 2. The largest absolute Gasteiger partial charge is 0.424 e. The maximum atomic E-state index is 5.50. The van der Waals surface area contributed by atoms with Crippen LogP contribution in [0.1, 0.15) is 38.5 Å². The van der Waals surface area contributed by atoms with E-state index >= 15 is 0 Å². The second-order valence-corrected chi connectivity index (χ2v) is 4.27. The molecule has 0 amide bonds. The average molecular weight is 195 g/mol. The fourth-order valence-electron chi connectivity index (χ4n) is 1.30. The Kier molecular flexibility index (Phi) is 2.82. The Morgan fingerprint density at radius 3 is 2.71 bits per heavy atom. The molecule has 2 rings (SSSR count). The minimum atomic E-state index is 0.453. The van der Waals surface area contributed by atoms with Crippen molar-refractivity contribution in [1.82, 2.24) is 15.5 Å². The van der Waals surface area contributed by atoms with Gasteiger partial charge in [-0.1, -0.05) is 13.8 Å². The molecule has 4 heteroatoms. The summed E-state index contributed by atoms with van der Waals surface area (Å²) in [6.45, 7) is 4.87. The fourth-order valence-corrected chi connectivity index (χ4v) is 1.30. The maximum absolute atomic E-state index is 5.50. The Balaban J connectivity index is 1.82. The third-order valence-electron chi connectivity index (χ3n) is 2.33. The minimum Gasteiger partial charge on any atom is -0.424 e. The molecule has 1 aromatic rings. The third-order valence-corrected chi connectivity index (χ3v) is 2.33. The van der Waals surface area contributed by atoms with Gasteiger partial charge in [0.25, 0.3) is 0 Å². The topological polar surface area (TPSA) is 51.0 Å². The smallest absolute Gasteiger partial charge is 0.230 e. The summed E-state index contributed by atoms with van der Waals surface area (Å²) in [7, 11) is 0. The lowest BCUT2D eigenvalue weighted by molar-refractivity contribution is 0.416. The van der Waals surface area contributed by atoms with E-state index in [0.717, 1.165) is 18.2 Å². The van der Waals surface area contributed by atoms with Gasteiger partial charge in [0.1, 0.15) is 0 Å². The van der Waals surface area contributed by atoms with E-state index in [1.54, 1.807) is 0 Å². The molecule has 1 fully saturated rings. The van der Waals surface area contributed by atoms with Gasteiger partial charge in [0.05, 0.1) is 6.54 Å². The lowest BCUT2D eigenvalue weighted by atomic mass is 10.3. The molecular formula is C10H17N3O. The number of rotatable bonds is 5. The monoisotopic (exact) mass is 195 g/mol. The van der Waals surface area contributed by atoms with E-state index in [4.69, 9.17) is 4.42 Å².